The van der Waals surface area contributed by atoms with Crippen molar-refractivity contribution < 1.29 is 19.1 Å². The summed E-state index contributed by atoms with van der Waals surface area (Å²) in [5.74, 6) is 0.679. The van der Waals surface area contributed by atoms with E-state index in [1.54, 1.807) is 0 Å². The smallest absolute Gasteiger partial charge is 0.407 e. The fraction of sp³-hybridized carbons (Fsp3) is 0.704. The predicted octanol–water partition coefficient (Wildman–Crippen LogP) is 4.30. The number of hydrogen-bond donors (Lipinski definition) is 3. The van der Waals surface area contributed by atoms with Crippen LogP contribution in [-0.4, -0.2) is 67.5 Å². The summed E-state index contributed by atoms with van der Waals surface area (Å²) < 4.78 is 10.7. The molecule has 8 heteroatoms. The van der Waals surface area contributed by atoms with E-state index in [-0.39, 0.29) is 24.8 Å². The number of alkyl carbamates (subject to hydrolysis) is 2. The Morgan fingerprint density at radius 2 is 1.80 bits per heavy atom. The van der Waals surface area contributed by atoms with E-state index in [1.807, 2.05) is 51.1 Å². The summed E-state index contributed by atoms with van der Waals surface area (Å²) in [6, 6.07) is 10.0. The molecule has 0 saturated carbocycles. The largest absolute Gasteiger partial charge is 0.445 e. The lowest BCUT2D eigenvalue weighted by molar-refractivity contribution is 0.0525. The molecule has 3 N–H and O–H groups in total. The molecule has 1 aromatic carbocycles. The number of hydrogen-bond acceptors (Lipinski definition) is 6. The molecule has 2 atom stereocenters. The molecule has 1 aromatic rings. The Labute approximate surface area is 211 Å². The van der Waals surface area contributed by atoms with Crippen LogP contribution in [0, 0.1) is 5.92 Å². The molecule has 2 rings (SSSR count). The molecular formula is C27H46N4O4. The number of nitrogens with zero attached hydrogens (tertiary/aromatic N) is 1. The number of rotatable bonds is 11. The highest BCUT2D eigenvalue weighted by molar-refractivity contribution is 5.67. The highest BCUT2D eigenvalue weighted by atomic mass is 16.6. The highest BCUT2D eigenvalue weighted by Crippen LogP contribution is 2.15. The van der Waals surface area contributed by atoms with Gasteiger partial charge in [0.25, 0.3) is 0 Å². The van der Waals surface area contributed by atoms with Crippen LogP contribution < -0.4 is 16.0 Å². The number of amides is 2. The van der Waals surface area contributed by atoms with Crippen LogP contribution in [0.1, 0.15) is 65.9 Å². The van der Waals surface area contributed by atoms with E-state index in [0.717, 1.165) is 38.0 Å². The summed E-state index contributed by atoms with van der Waals surface area (Å²) >= 11 is 0. The van der Waals surface area contributed by atoms with Gasteiger partial charge in [-0.3, -0.25) is 0 Å². The number of carbonyl (C=O) groups is 2. The van der Waals surface area contributed by atoms with Crippen molar-refractivity contribution >= 4 is 12.2 Å². The maximum atomic E-state index is 12.2. The molecule has 0 aromatic heterocycles. The van der Waals surface area contributed by atoms with Gasteiger partial charge in [-0.05, 0) is 51.6 Å². The zero-order valence-electron chi connectivity index (χ0n) is 22.3. The minimum atomic E-state index is -0.511. The maximum absolute atomic E-state index is 12.2. The van der Waals surface area contributed by atoms with E-state index in [1.165, 1.54) is 12.8 Å². The number of nitrogens with one attached hydrogen (secondary N) is 3. The molecule has 1 aliphatic rings. The number of ether oxygens (including phenoxy) is 2. The summed E-state index contributed by atoms with van der Waals surface area (Å²) in [5.41, 5.74) is 0.452. The van der Waals surface area contributed by atoms with Gasteiger partial charge in [0.1, 0.15) is 12.2 Å². The SMILES string of the molecule is CCC(CC)CN1CC[C@@H](CNC(=O)OCc2ccccc2)N[C@@H](CCNC(=O)OC(C)(C)C)C1. The van der Waals surface area contributed by atoms with Gasteiger partial charge in [-0.1, -0.05) is 57.0 Å². The van der Waals surface area contributed by atoms with Crippen LogP contribution in [0.4, 0.5) is 9.59 Å². The monoisotopic (exact) mass is 490 g/mol. The van der Waals surface area contributed by atoms with Crippen LogP contribution >= 0.6 is 0 Å². The molecule has 8 nitrogen and oxygen atoms in total. The Morgan fingerprint density at radius 3 is 2.46 bits per heavy atom. The van der Waals surface area contributed by atoms with E-state index < -0.39 is 11.7 Å². The van der Waals surface area contributed by atoms with Crippen molar-refractivity contribution in [1.82, 2.24) is 20.9 Å². The number of benzene rings is 1. The zero-order chi connectivity index (χ0) is 25.7. The van der Waals surface area contributed by atoms with Crippen molar-refractivity contribution in [2.75, 3.05) is 32.7 Å². The van der Waals surface area contributed by atoms with E-state index in [0.29, 0.717) is 19.0 Å². The molecule has 1 fully saturated rings. The zero-order valence-corrected chi connectivity index (χ0v) is 22.3. The third-order valence-electron chi connectivity index (χ3n) is 6.28. The van der Waals surface area contributed by atoms with Crippen molar-refractivity contribution in [3.63, 3.8) is 0 Å². The summed E-state index contributed by atoms with van der Waals surface area (Å²) in [5, 5.41) is 9.49. The van der Waals surface area contributed by atoms with E-state index >= 15 is 0 Å². The van der Waals surface area contributed by atoms with E-state index in [4.69, 9.17) is 9.47 Å². The molecule has 198 valence electrons. The third kappa shape index (κ3) is 12.3. The lowest BCUT2D eigenvalue weighted by atomic mass is 10.0. The topological polar surface area (TPSA) is 91.9 Å². The van der Waals surface area contributed by atoms with Crippen LogP contribution in [0.25, 0.3) is 0 Å². The molecule has 1 heterocycles. The van der Waals surface area contributed by atoms with Crippen molar-refractivity contribution in [3.8, 4) is 0 Å². The highest BCUT2D eigenvalue weighted by Gasteiger charge is 2.25. The minimum Gasteiger partial charge on any atom is -0.445 e. The average molecular weight is 491 g/mol. The Bertz CT molecular complexity index is 749. The van der Waals surface area contributed by atoms with E-state index in [2.05, 4.69) is 34.7 Å². The molecule has 0 radical (unpaired) electrons. The van der Waals surface area contributed by atoms with Gasteiger partial charge < -0.3 is 30.3 Å². The lowest BCUT2D eigenvalue weighted by Gasteiger charge is -2.28. The number of carbonyl (C=O) groups excluding carboxylic acids is 2. The third-order valence-corrected chi connectivity index (χ3v) is 6.28. The normalized spacial score (nSPS) is 19.1. The van der Waals surface area contributed by atoms with Gasteiger partial charge in [-0.25, -0.2) is 9.59 Å². The average Bonchev–Trinajstić information content (AvgIpc) is 3.01. The van der Waals surface area contributed by atoms with Gasteiger partial charge in [-0.2, -0.15) is 0 Å². The fourth-order valence-corrected chi connectivity index (χ4v) is 4.27. The Morgan fingerprint density at radius 1 is 1.09 bits per heavy atom. The van der Waals surface area contributed by atoms with Crippen molar-refractivity contribution in [2.45, 2.75) is 84.6 Å². The Hall–Kier alpha value is -2.32. The first-order valence-electron chi connectivity index (χ1n) is 13.1. The molecule has 0 unspecified atom stereocenters. The fourth-order valence-electron chi connectivity index (χ4n) is 4.27. The summed E-state index contributed by atoms with van der Waals surface area (Å²) in [6.07, 6.45) is 3.27. The Balaban J connectivity index is 1.86. The summed E-state index contributed by atoms with van der Waals surface area (Å²) in [7, 11) is 0. The van der Waals surface area contributed by atoms with Gasteiger partial charge >= 0.3 is 12.2 Å². The second-order valence-electron chi connectivity index (χ2n) is 10.5. The van der Waals surface area contributed by atoms with Crippen LogP contribution in [0.2, 0.25) is 0 Å². The van der Waals surface area contributed by atoms with Crippen molar-refractivity contribution in [2.24, 2.45) is 5.92 Å². The quantitative estimate of drug-likeness (QED) is 0.428. The molecule has 35 heavy (non-hydrogen) atoms. The minimum absolute atomic E-state index is 0.137. The van der Waals surface area contributed by atoms with Gasteiger partial charge in [0, 0.05) is 38.3 Å². The molecule has 0 spiro atoms. The Kier molecular flexibility index (Phi) is 12.3. The maximum Gasteiger partial charge on any atom is 0.407 e. The molecule has 1 saturated heterocycles. The first-order valence-corrected chi connectivity index (χ1v) is 13.1. The summed E-state index contributed by atoms with van der Waals surface area (Å²) in [4.78, 5) is 26.8. The molecule has 1 aliphatic heterocycles. The van der Waals surface area contributed by atoms with Gasteiger partial charge in [0.2, 0.25) is 0 Å². The van der Waals surface area contributed by atoms with Crippen molar-refractivity contribution in [3.05, 3.63) is 35.9 Å². The first-order chi connectivity index (χ1) is 16.7. The van der Waals surface area contributed by atoms with Gasteiger partial charge in [0.15, 0.2) is 0 Å². The summed E-state index contributed by atoms with van der Waals surface area (Å²) in [6.45, 7) is 14.3. The van der Waals surface area contributed by atoms with Crippen LogP contribution in [0.5, 0.6) is 0 Å². The molecule has 0 aliphatic carbocycles. The first kappa shape index (κ1) is 28.9. The second kappa shape index (κ2) is 14.9. The van der Waals surface area contributed by atoms with Crippen LogP contribution in [0.15, 0.2) is 30.3 Å². The second-order valence-corrected chi connectivity index (χ2v) is 10.5. The predicted molar refractivity (Wildman–Crippen MR) is 139 cm³/mol. The van der Waals surface area contributed by atoms with Crippen LogP contribution in [0.3, 0.4) is 0 Å². The van der Waals surface area contributed by atoms with Crippen LogP contribution in [-0.2, 0) is 16.1 Å². The van der Waals surface area contributed by atoms with Crippen molar-refractivity contribution in [1.29, 1.82) is 0 Å². The van der Waals surface area contributed by atoms with Gasteiger partial charge in [0.05, 0.1) is 0 Å². The van der Waals surface area contributed by atoms with Gasteiger partial charge in [-0.15, -0.1) is 0 Å². The van der Waals surface area contributed by atoms with E-state index in [9.17, 15) is 9.59 Å². The lowest BCUT2D eigenvalue weighted by Crippen LogP contribution is -2.47. The molecular weight excluding hydrogens is 444 g/mol. The molecule has 2 amide bonds. The standard InChI is InChI=1S/C27H46N4O4/c1-6-21(7-2)18-31-16-14-23(17-29-25(32)34-20-22-11-9-8-10-12-22)30-24(19-31)13-15-28-26(33)35-27(3,4)5/h8-12,21,23-24,30H,6-7,13-20H2,1-5H3,(H,28,33)(H,29,32)/t23-,24-/m0/s1. The molecule has 0 bridgehead atoms.